The van der Waals surface area contributed by atoms with E-state index in [-0.39, 0.29) is 6.04 Å². The number of hydrogen-bond acceptors (Lipinski definition) is 2. The highest BCUT2D eigenvalue weighted by Gasteiger charge is 2.51. The number of hydrogen-bond donors (Lipinski definition) is 2. The summed E-state index contributed by atoms with van der Waals surface area (Å²) in [6.07, 6.45) is 3.89. The second kappa shape index (κ2) is 2.71. The number of rotatable bonds is 1. The third-order valence-corrected chi connectivity index (χ3v) is 4.12. The molecule has 13 heavy (non-hydrogen) atoms. The third-order valence-electron chi connectivity index (χ3n) is 4.12. The molecule has 0 saturated heterocycles. The van der Waals surface area contributed by atoms with Crippen molar-refractivity contribution in [1.29, 1.82) is 0 Å². The topological polar surface area (TPSA) is 63.3 Å². The summed E-state index contributed by atoms with van der Waals surface area (Å²) in [6, 6.07) is 0.256. The highest BCUT2D eigenvalue weighted by atomic mass is 16.4. The number of fused-ring (bicyclic) bond motifs is 3. The summed E-state index contributed by atoms with van der Waals surface area (Å²) in [5.41, 5.74) is 5.46. The molecule has 3 nitrogen and oxygen atoms in total. The number of nitrogens with two attached hydrogens (primary N) is 1. The van der Waals surface area contributed by atoms with Gasteiger partial charge in [-0.15, -0.1) is 0 Å². The fourth-order valence-corrected chi connectivity index (χ4v) is 3.07. The lowest BCUT2D eigenvalue weighted by molar-refractivity contribution is -0.159. The summed E-state index contributed by atoms with van der Waals surface area (Å²) in [4.78, 5) is 11.1. The van der Waals surface area contributed by atoms with Gasteiger partial charge in [-0.05, 0) is 44.4 Å². The van der Waals surface area contributed by atoms with E-state index in [2.05, 4.69) is 0 Å². The third kappa shape index (κ3) is 1.17. The highest BCUT2D eigenvalue weighted by molar-refractivity contribution is 5.75. The van der Waals surface area contributed by atoms with Crippen molar-refractivity contribution in [2.45, 2.75) is 38.6 Å². The predicted molar refractivity (Wildman–Crippen MR) is 49.2 cm³/mol. The molecule has 4 atom stereocenters. The van der Waals surface area contributed by atoms with Crippen molar-refractivity contribution in [3.05, 3.63) is 0 Å². The second-order valence-corrected chi connectivity index (χ2v) is 4.86. The standard InChI is InChI=1S/C10H17NO2/c1-10(9(12)13)5-6-2-3-7(10)4-8(6)11/h6-8H,2-5,11H2,1H3,(H,12,13). The first-order chi connectivity index (χ1) is 6.04. The second-order valence-electron chi connectivity index (χ2n) is 4.86. The first-order valence-electron chi connectivity index (χ1n) is 5.03. The van der Waals surface area contributed by atoms with Crippen LogP contribution in [0.25, 0.3) is 0 Å². The van der Waals surface area contributed by atoms with Crippen LogP contribution in [0.5, 0.6) is 0 Å². The van der Waals surface area contributed by atoms with Crippen LogP contribution in [0.15, 0.2) is 0 Å². The van der Waals surface area contributed by atoms with Gasteiger partial charge in [-0.1, -0.05) is 0 Å². The van der Waals surface area contributed by atoms with Crippen molar-refractivity contribution >= 4 is 5.97 Å². The fraction of sp³-hybridized carbons (Fsp3) is 0.900. The largest absolute Gasteiger partial charge is 0.481 e. The van der Waals surface area contributed by atoms with Gasteiger partial charge in [0.2, 0.25) is 0 Å². The Bertz CT molecular complexity index is 241. The fourth-order valence-electron chi connectivity index (χ4n) is 3.07. The average molecular weight is 183 g/mol. The zero-order valence-electron chi connectivity index (χ0n) is 7.99. The van der Waals surface area contributed by atoms with Crippen LogP contribution in [0.1, 0.15) is 32.6 Å². The lowest BCUT2D eigenvalue weighted by Crippen LogP contribution is -2.53. The zero-order chi connectivity index (χ0) is 9.64. The first kappa shape index (κ1) is 9.00. The molecule has 0 heterocycles. The number of carbonyl (C=O) groups is 1. The molecule has 3 rings (SSSR count). The Labute approximate surface area is 78.3 Å². The maximum absolute atomic E-state index is 11.1. The monoisotopic (exact) mass is 183 g/mol. The van der Waals surface area contributed by atoms with Gasteiger partial charge >= 0.3 is 5.97 Å². The molecular weight excluding hydrogens is 166 g/mol. The Balaban J connectivity index is 2.23. The number of aliphatic carboxylic acids is 1. The van der Waals surface area contributed by atoms with Gasteiger partial charge in [0.25, 0.3) is 0 Å². The molecule has 0 amide bonds. The summed E-state index contributed by atoms with van der Waals surface area (Å²) in [5, 5.41) is 9.17. The van der Waals surface area contributed by atoms with Gasteiger partial charge in [-0.3, -0.25) is 4.79 Å². The molecule has 2 bridgehead atoms. The van der Waals surface area contributed by atoms with Crippen molar-refractivity contribution in [2.75, 3.05) is 0 Å². The van der Waals surface area contributed by atoms with Gasteiger partial charge in [0.05, 0.1) is 5.41 Å². The molecule has 0 aliphatic heterocycles. The molecule has 3 heteroatoms. The normalized spacial score (nSPS) is 49.2. The lowest BCUT2D eigenvalue weighted by Gasteiger charge is -2.50. The van der Waals surface area contributed by atoms with Crippen LogP contribution in [0.2, 0.25) is 0 Å². The summed E-state index contributed by atoms with van der Waals surface area (Å²) in [5.74, 6) is 0.130. The molecule has 3 aliphatic carbocycles. The minimum atomic E-state index is -0.630. The molecule has 0 aromatic heterocycles. The van der Waals surface area contributed by atoms with Gasteiger partial charge in [-0.2, -0.15) is 0 Å². The number of carboxylic acids is 1. The Morgan fingerprint density at radius 1 is 1.54 bits per heavy atom. The molecule has 0 radical (unpaired) electrons. The van der Waals surface area contributed by atoms with E-state index < -0.39 is 11.4 Å². The van der Waals surface area contributed by atoms with E-state index in [1.807, 2.05) is 6.92 Å². The highest BCUT2D eigenvalue weighted by Crippen LogP contribution is 2.51. The molecule has 3 aliphatic rings. The van der Waals surface area contributed by atoms with Crippen LogP contribution in [-0.2, 0) is 4.79 Å². The maximum atomic E-state index is 11.1. The molecule has 3 N–H and O–H groups in total. The van der Waals surface area contributed by atoms with Crippen LogP contribution < -0.4 is 5.73 Å². The van der Waals surface area contributed by atoms with Crippen molar-refractivity contribution in [1.82, 2.24) is 0 Å². The molecule has 0 aromatic rings. The van der Waals surface area contributed by atoms with Gasteiger partial charge < -0.3 is 10.8 Å². The molecule has 4 unspecified atom stereocenters. The maximum Gasteiger partial charge on any atom is 0.309 e. The molecule has 74 valence electrons. The lowest BCUT2D eigenvalue weighted by atomic mass is 9.55. The molecule has 3 saturated carbocycles. The van der Waals surface area contributed by atoms with Crippen molar-refractivity contribution in [2.24, 2.45) is 23.0 Å². The van der Waals surface area contributed by atoms with Crippen molar-refractivity contribution in [3.8, 4) is 0 Å². The van der Waals surface area contributed by atoms with Crippen molar-refractivity contribution in [3.63, 3.8) is 0 Å². The average Bonchev–Trinajstić information content (AvgIpc) is 2.07. The Morgan fingerprint density at radius 2 is 2.23 bits per heavy atom. The minimum Gasteiger partial charge on any atom is -0.481 e. The van der Waals surface area contributed by atoms with E-state index in [1.54, 1.807) is 0 Å². The molecule has 0 spiro atoms. The molecule has 0 aromatic carbocycles. The Morgan fingerprint density at radius 3 is 2.62 bits per heavy atom. The molecular formula is C10H17NO2. The van der Waals surface area contributed by atoms with Gasteiger partial charge in [-0.25, -0.2) is 0 Å². The minimum absolute atomic E-state index is 0.256. The van der Waals surface area contributed by atoms with E-state index in [1.165, 1.54) is 0 Å². The predicted octanol–water partition coefficient (Wildman–Crippen LogP) is 1.22. The quantitative estimate of drug-likeness (QED) is 0.642. The van der Waals surface area contributed by atoms with Gasteiger partial charge in [0, 0.05) is 6.04 Å². The summed E-state index contributed by atoms with van der Waals surface area (Å²) < 4.78 is 0. The van der Waals surface area contributed by atoms with E-state index >= 15 is 0 Å². The van der Waals surface area contributed by atoms with Crippen LogP contribution in [0.4, 0.5) is 0 Å². The summed E-state index contributed by atoms with van der Waals surface area (Å²) in [7, 11) is 0. The Kier molecular flexibility index (Phi) is 1.88. The summed E-state index contributed by atoms with van der Waals surface area (Å²) >= 11 is 0. The van der Waals surface area contributed by atoms with Gasteiger partial charge in [0.1, 0.15) is 0 Å². The van der Waals surface area contributed by atoms with Crippen molar-refractivity contribution < 1.29 is 9.90 Å². The van der Waals surface area contributed by atoms with Crippen LogP contribution in [0.3, 0.4) is 0 Å². The van der Waals surface area contributed by atoms with E-state index in [9.17, 15) is 4.79 Å². The van der Waals surface area contributed by atoms with Crippen LogP contribution >= 0.6 is 0 Å². The van der Waals surface area contributed by atoms with E-state index in [4.69, 9.17) is 10.8 Å². The van der Waals surface area contributed by atoms with E-state index in [0.29, 0.717) is 11.8 Å². The number of carboxylic acid groups (broad SMARTS) is 1. The molecule has 3 fully saturated rings. The zero-order valence-corrected chi connectivity index (χ0v) is 7.99. The summed E-state index contributed by atoms with van der Waals surface area (Å²) in [6.45, 7) is 1.89. The van der Waals surface area contributed by atoms with Crippen LogP contribution in [-0.4, -0.2) is 17.1 Å². The Hall–Kier alpha value is -0.570. The van der Waals surface area contributed by atoms with Gasteiger partial charge in [0.15, 0.2) is 0 Å². The van der Waals surface area contributed by atoms with E-state index in [0.717, 1.165) is 25.7 Å². The SMILES string of the molecule is CC1(C(=O)O)CC2CCC1CC2N. The smallest absolute Gasteiger partial charge is 0.309 e. The first-order valence-corrected chi connectivity index (χ1v) is 5.03. The van der Waals surface area contributed by atoms with Crippen LogP contribution in [0, 0.1) is 17.3 Å².